The second kappa shape index (κ2) is 7.78. The minimum Gasteiger partial charge on any atom is -0.453 e. The van der Waals surface area contributed by atoms with Crippen molar-refractivity contribution in [3.05, 3.63) is 22.4 Å². The van der Waals surface area contributed by atoms with Crippen LogP contribution in [0.5, 0.6) is 0 Å². The standard InChI is InChI=1S/C19H27NO5S/c1-18(2,3)25-17(23)20(5)13-8-10-19(4,11-9-13)24-16(22)15(21)14-7-6-12-26-14/h6-7,12-13H,8-11H2,1-5H3. The van der Waals surface area contributed by atoms with Crippen molar-refractivity contribution in [2.75, 3.05) is 7.05 Å². The zero-order valence-corrected chi connectivity index (χ0v) is 16.9. The first-order valence-corrected chi connectivity index (χ1v) is 9.66. The van der Waals surface area contributed by atoms with E-state index in [0.717, 1.165) is 0 Å². The highest BCUT2D eigenvalue weighted by Gasteiger charge is 2.38. The SMILES string of the molecule is CN(C(=O)OC(C)(C)C)C1CCC(C)(OC(=O)C(=O)c2cccs2)CC1. The second-order valence-electron chi connectivity index (χ2n) is 7.97. The number of Topliss-reactive ketones (excluding diaryl/α,β-unsaturated/α-hetero) is 1. The van der Waals surface area contributed by atoms with Crippen LogP contribution in [0.25, 0.3) is 0 Å². The van der Waals surface area contributed by atoms with Gasteiger partial charge in [0.2, 0.25) is 0 Å². The summed E-state index contributed by atoms with van der Waals surface area (Å²) in [7, 11) is 1.73. The summed E-state index contributed by atoms with van der Waals surface area (Å²) in [6.45, 7) is 7.35. The van der Waals surface area contributed by atoms with Crippen LogP contribution in [0.1, 0.15) is 63.0 Å². The van der Waals surface area contributed by atoms with Gasteiger partial charge in [0.25, 0.3) is 5.78 Å². The molecule has 0 saturated heterocycles. The van der Waals surface area contributed by atoms with E-state index in [0.29, 0.717) is 30.6 Å². The van der Waals surface area contributed by atoms with Crippen molar-refractivity contribution in [3.63, 3.8) is 0 Å². The van der Waals surface area contributed by atoms with E-state index in [1.54, 1.807) is 29.5 Å². The van der Waals surface area contributed by atoms with Crippen molar-refractivity contribution in [2.24, 2.45) is 0 Å². The zero-order chi connectivity index (χ0) is 19.5. The van der Waals surface area contributed by atoms with E-state index < -0.39 is 23.0 Å². The smallest absolute Gasteiger partial charge is 0.410 e. The number of rotatable bonds is 4. The van der Waals surface area contributed by atoms with Gasteiger partial charge in [-0.05, 0) is 64.8 Å². The lowest BCUT2D eigenvalue weighted by Crippen LogP contribution is -2.46. The Balaban J connectivity index is 1.89. The van der Waals surface area contributed by atoms with Crippen molar-refractivity contribution < 1.29 is 23.9 Å². The molecule has 7 heteroatoms. The fourth-order valence-electron chi connectivity index (χ4n) is 2.96. The number of hydrogen-bond acceptors (Lipinski definition) is 6. The molecule has 1 aromatic heterocycles. The van der Waals surface area contributed by atoms with Crippen molar-refractivity contribution in [1.82, 2.24) is 4.90 Å². The van der Waals surface area contributed by atoms with E-state index in [2.05, 4.69) is 0 Å². The number of esters is 1. The van der Waals surface area contributed by atoms with Crippen molar-refractivity contribution in [3.8, 4) is 0 Å². The van der Waals surface area contributed by atoms with Crippen LogP contribution in [0.2, 0.25) is 0 Å². The number of nitrogens with zero attached hydrogens (tertiary/aromatic N) is 1. The van der Waals surface area contributed by atoms with Crippen LogP contribution in [0.3, 0.4) is 0 Å². The molecule has 1 saturated carbocycles. The number of thiophene rings is 1. The van der Waals surface area contributed by atoms with Gasteiger partial charge in [0, 0.05) is 13.1 Å². The lowest BCUT2D eigenvalue weighted by molar-refractivity contribution is -0.156. The third-order valence-electron chi connectivity index (χ3n) is 4.51. The summed E-state index contributed by atoms with van der Waals surface area (Å²) in [6, 6.07) is 3.37. The summed E-state index contributed by atoms with van der Waals surface area (Å²) in [6.07, 6.45) is 2.21. The van der Waals surface area contributed by atoms with E-state index in [1.165, 1.54) is 11.3 Å². The van der Waals surface area contributed by atoms with Gasteiger partial charge in [-0.1, -0.05) is 6.07 Å². The zero-order valence-electron chi connectivity index (χ0n) is 16.0. The Morgan fingerprint density at radius 2 is 1.85 bits per heavy atom. The number of ether oxygens (including phenoxy) is 2. The Morgan fingerprint density at radius 1 is 1.23 bits per heavy atom. The maximum absolute atomic E-state index is 12.2. The van der Waals surface area contributed by atoms with Gasteiger partial charge in [0.1, 0.15) is 11.2 Å². The maximum Gasteiger partial charge on any atom is 0.410 e. The molecule has 1 heterocycles. The summed E-state index contributed by atoms with van der Waals surface area (Å²) < 4.78 is 10.9. The Kier molecular flexibility index (Phi) is 6.11. The lowest BCUT2D eigenvalue weighted by atomic mass is 9.83. The normalized spacial score (nSPS) is 23.2. The average molecular weight is 381 g/mol. The van der Waals surface area contributed by atoms with E-state index in [9.17, 15) is 14.4 Å². The van der Waals surface area contributed by atoms with Crippen LogP contribution < -0.4 is 0 Å². The molecule has 26 heavy (non-hydrogen) atoms. The van der Waals surface area contributed by atoms with Crippen LogP contribution in [0.15, 0.2) is 17.5 Å². The molecule has 1 aliphatic carbocycles. The Hall–Kier alpha value is -1.89. The third-order valence-corrected chi connectivity index (χ3v) is 5.38. The molecule has 1 aromatic rings. The van der Waals surface area contributed by atoms with Crippen LogP contribution >= 0.6 is 11.3 Å². The van der Waals surface area contributed by atoms with E-state index in [4.69, 9.17) is 9.47 Å². The van der Waals surface area contributed by atoms with Crippen LogP contribution in [-0.2, 0) is 14.3 Å². The van der Waals surface area contributed by atoms with Gasteiger partial charge in [0.15, 0.2) is 0 Å². The van der Waals surface area contributed by atoms with Gasteiger partial charge >= 0.3 is 12.1 Å². The number of carbonyl (C=O) groups is 3. The first kappa shape index (κ1) is 20.4. The van der Waals surface area contributed by atoms with Gasteiger partial charge in [-0.2, -0.15) is 0 Å². The highest BCUT2D eigenvalue weighted by Crippen LogP contribution is 2.34. The molecule has 1 amide bonds. The molecule has 0 aromatic carbocycles. The summed E-state index contributed by atoms with van der Waals surface area (Å²) in [5.41, 5.74) is -1.22. The fraction of sp³-hybridized carbons (Fsp3) is 0.632. The molecular formula is C19H27NO5S. The molecule has 0 aliphatic heterocycles. The topological polar surface area (TPSA) is 72.9 Å². The van der Waals surface area contributed by atoms with Crippen LogP contribution in [-0.4, -0.2) is 47.0 Å². The van der Waals surface area contributed by atoms with E-state index in [-0.39, 0.29) is 12.1 Å². The highest BCUT2D eigenvalue weighted by atomic mass is 32.1. The monoisotopic (exact) mass is 381 g/mol. The third kappa shape index (κ3) is 5.30. The minimum atomic E-state index is -0.811. The molecular weight excluding hydrogens is 354 g/mol. The molecule has 1 fully saturated rings. The fourth-order valence-corrected chi connectivity index (χ4v) is 3.62. The molecule has 0 N–H and O–H groups in total. The van der Waals surface area contributed by atoms with Gasteiger partial charge in [-0.15, -0.1) is 11.3 Å². The first-order chi connectivity index (χ1) is 12.0. The van der Waals surface area contributed by atoms with Crippen molar-refractivity contribution in [2.45, 2.75) is 70.6 Å². The van der Waals surface area contributed by atoms with Crippen LogP contribution in [0, 0.1) is 0 Å². The van der Waals surface area contributed by atoms with Gasteiger partial charge in [-0.3, -0.25) is 4.79 Å². The van der Waals surface area contributed by atoms with E-state index in [1.807, 2.05) is 27.7 Å². The average Bonchev–Trinajstić information content (AvgIpc) is 3.06. The molecule has 0 spiro atoms. The molecule has 144 valence electrons. The largest absolute Gasteiger partial charge is 0.453 e. The van der Waals surface area contributed by atoms with Crippen LogP contribution in [0.4, 0.5) is 4.79 Å². The number of ketones is 1. The summed E-state index contributed by atoms with van der Waals surface area (Å²) in [4.78, 5) is 38.4. The molecule has 0 atom stereocenters. The van der Waals surface area contributed by atoms with Crippen molar-refractivity contribution >= 4 is 29.2 Å². The van der Waals surface area contributed by atoms with Gasteiger partial charge in [0.05, 0.1) is 4.88 Å². The molecule has 2 rings (SSSR count). The summed E-state index contributed by atoms with van der Waals surface area (Å²) in [5.74, 6) is -1.41. The summed E-state index contributed by atoms with van der Waals surface area (Å²) >= 11 is 1.22. The molecule has 6 nitrogen and oxygen atoms in total. The van der Waals surface area contributed by atoms with Gasteiger partial charge < -0.3 is 14.4 Å². The number of carbonyl (C=O) groups excluding carboxylic acids is 3. The second-order valence-corrected chi connectivity index (χ2v) is 8.92. The quantitative estimate of drug-likeness (QED) is 0.447. The predicted octanol–water partition coefficient (Wildman–Crippen LogP) is 4.04. The molecule has 0 radical (unpaired) electrons. The minimum absolute atomic E-state index is 0.0321. The molecule has 0 unspecified atom stereocenters. The number of hydrogen-bond donors (Lipinski definition) is 0. The van der Waals surface area contributed by atoms with E-state index >= 15 is 0 Å². The molecule has 1 aliphatic rings. The highest BCUT2D eigenvalue weighted by molar-refractivity contribution is 7.12. The Morgan fingerprint density at radius 3 is 2.35 bits per heavy atom. The predicted molar refractivity (Wildman–Crippen MR) is 99.4 cm³/mol. The number of amides is 1. The summed E-state index contributed by atoms with van der Waals surface area (Å²) in [5, 5.41) is 1.75. The Labute approximate surface area is 158 Å². The Bertz CT molecular complexity index is 654. The van der Waals surface area contributed by atoms with Crippen molar-refractivity contribution in [1.29, 1.82) is 0 Å². The lowest BCUT2D eigenvalue weighted by Gasteiger charge is -2.40. The first-order valence-electron chi connectivity index (χ1n) is 8.78. The maximum atomic E-state index is 12.2. The van der Waals surface area contributed by atoms with Gasteiger partial charge in [-0.25, -0.2) is 9.59 Å². The molecule has 0 bridgehead atoms.